The molecule has 2 aromatic heterocycles. The van der Waals surface area contributed by atoms with Gasteiger partial charge in [-0.05, 0) is 12.1 Å². The van der Waals surface area contributed by atoms with Crippen LogP contribution in [0.25, 0.3) is 5.82 Å². The summed E-state index contributed by atoms with van der Waals surface area (Å²) in [6.45, 7) is 0. The standard InChI is InChI=1S/C7H5IN4/c8-7-10-5-12(11-7)6-3-1-2-4-9-6/h1-5H. The Labute approximate surface area is 82.8 Å². The monoisotopic (exact) mass is 272 g/mol. The Balaban J connectivity index is 2.45. The van der Waals surface area contributed by atoms with Gasteiger partial charge < -0.3 is 0 Å². The van der Waals surface area contributed by atoms with Crippen LogP contribution in [-0.2, 0) is 0 Å². The SMILES string of the molecule is Ic1ncn(-c2ccccn2)n1. The average molecular weight is 272 g/mol. The molecule has 0 N–H and O–H groups in total. The van der Waals surface area contributed by atoms with Crippen molar-refractivity contribution in [2.75, 3.05) is 0 Å². The molecule has 0 saturated carbocycles. The molecule has 0 unspecified atom stereocenters. The van der Waals surface area contributed by atoms with Crippen molar-refractivity contribution in [2.45, 2.75) is 0 Å². The van der Waals surface area contributed by atoms with Crippen LogP contribution < -0.4 is 0 Å². The third kappa shape index (κ3) is 1.45. The zero-order valence-electron chi connectivity index (χ0n) is 6.05. The molecule has 0 saturated heterocycles. The largest absolute Gasteiger partial charge is 0.237 e. The van der Waals surface area contributed by atoms with Crippen LogP contribution >= 0.6 is 22.6 Å². The summed E-state index contributed by atoms with van der Waals surface area (Å²) in [5.41, 5.74) is 0. The average Bonchev–Trinajstić information content (AvgIpc) is 2.54. The fraction of sp³-hybridized carbons (Fsp3) is 0. The van der Waals surface area contributed by atoms with E-state index in [-0.39, 0.29) is 0 Å². The van der Waals surface area contributed by atoms with Gasteiger partial charge in [-0.1, -0.05) is 6.07 Å². The number of nitrogens with zero attached hydrogens (tertiary/aromatic N) is 4. The first-order valence-corrected chi connectivity index (χ1v) is 4.43. The van der Waals surface area contributed by atoms with Gasteiger partial charge in [0.25, 0.3) is 0 Å². The summed E-state index contributed by atoms with van der Waals surface area (Å²) in [6, 6.07) is 5.66. The lowest BCUT2D eigenvalue weighted by Gasteiger charge is -1.95. The summed E-state index contributed by atoms with van der Waals surface area (Å²) in [5.74, 6) is 0.785. The lowest BCUT2D eigenvalue weighted by atomic mass is 10.5. The highest BCUT2D eigenvalue weighted by molar-refractivity contribution is 14.1. The van der Waals surface area contributed by atoms with Crippen LogP contribution in [0.2, 0.25) is 0 Å². The van der Waals surface area contributed by atoms with Crippen molar-refractivity contribution in [1.29, 1.82) is 0 Å². The van der Waals surface area contributed by atoms with Crippen LogP contribution in [0.1, 0.15) is 0 Å². The number of aromatic nitrogens is 4. The van der Waals surface area contributed by atoms with E-state index in [1.165, 1.54) is 0 Å². The van der Waals surface area contributed by atoms with Crippen LogP contribution in [0.4, 0.5) is 0 Å². The molecule has 0 radical (unpaired) electrons. The van der Waals surface area contributed by atoms with Crippen molar-refractivity contribution in [2.24, 2.45) is 0 Å². The van der Waals surface area contributed by atoms with E-state index in [9.17, 15) is 0 Å². The van der Waals surface area contributed by atoms with E-state index < -0.39 is 0 Å². The molecule has 12 heavy (non-hydrogen) atoms. The quantitative estimate of drug-likeness (QED) is 0.734. The summed E-state index contributed by atoms with van der Waals surface area (Å²) >= 11 is 2.06. The van der Waals surface area contributed by atoms with E-state index in [0.29, 0.717) is 0 Å². The second-order valence-electron chi connectivity index (χ2n) is 2.15. The van der Waals surface area contributed by atoms with E-state index in [1.807, 2.05) is 18.2 Å². The second-order valence-corrected chi connectivity index (χ2v) is 3.11. The first-order valence-electron chi connectivity index (χ1n) is 3.35. The van der Waals surface area contributed by atoms with Gasteiger partial charge >= 0.3 is 0 Å². The number of hydrogen-bond acceptors (Lipinski definition) is 3. The third-order valence-corrected chi connectivity index (χ3v) is 1.84. The minimum Gasteiger partial charge on any atom is -0.237 e. The minimum atomic E-state index is 0.721. The Hall–Kier alpha value is -0.980. The first kappa shape index (κ1) is 7.66. The molecule has 0 bridgehead atoms. The molecule has 60 valence electrons. The Morgan fingerprint density at radius 2 is 2.17 bits per heavy atom. The summed E-state index contributed by atoms with van der Waals surface area (Å²) in [5, 5.41) is 4.11. The number of halogens is 1. The molecular formula is C7H5IN4. The fourth-order valence-electron chi connectivity index (χ4n) is 0.843. The van der Waals surface area contributed by atoms with Crippen LogP contribution in [0.15, 0.2) is 30.7 Å². The van der Waals surface area contributed by atoms with Crippen molar-refractivity contribution in [3.8, 4) is 5.82 Å². The molecule has 0 amide bonds. The smallest absolute Gasteiger partial charge is 0.211 e. The topological polar surface area (TPSA) is 43.6 Å². The lowest BCUT2D eigenvalue weighted by Crippen LogP contribution is -1.96. The van der Waals surface area contributed by atoms with Crippen LogP contribution in [0, 0.1) is 3.83 Å². The molecule has 0 aliphatic rings. The maximum Gasteiger partial charge on any atom is 0.211 e. The van der Waals surface area contributed by atoms with Gasteiger partial charge in [0.2, 0.25) is 3.83 Å². The van der Waals surface area contributed by atoms with E-state index in [2.05, 4.69) is 37.7 Å². The Morgan fingerprint density at radius 3 is 2.75 bits per heavy atom. The summed E-state index contributed by atoms with van der Waals surface area (Å²) in [7, 11) is 0. The van der Waals surface area contributed by atoms with Crippen molar-refractivity contribution >= 4 is 22.6 Å². The van der Waals surface area contributed by atoms with Crippen molar-refractivity contribution in [3.05, 3.63) is 34.6 Å². The van der Waals surface area contributed by atoms with Gasteiger partial charge in [0.15, 0.2) is 5.82 Å². The Kier molecular flexibility index (Phi) is 2.03. The molecule has 2 heterocycles. The van der Waals surface area contributed by atoms with Crippen LogP contribution in [0.3, 0.4) is 0 Å². The summed E-state index contributed by atoms with van der Waals surface area (Å²) in [4.78, 5) is 8.11. The molecule has 5 heteroatoms. The van der Waals surface area contributed by atoms with E-state index in [0.717, 1.165) is 9.65 Å². The van der Waals surface area contributed by atoms with E-state index in [1.54, 1.807) is 17.2 Å². The van der Waals surface area contributed by atoms with Gasteiger partial charge in [-0.2, -0.15) is 0 Å². The maximum absolute atomic E-state index is 4.12. The first-order chi connectivity index (χ1) is 5.86. The predicted molar refractivity (Wildman–Crippen MR) is 51.9 cm³/mol. The molecule has 0 aromatic carbocycles. The lowest BCUT2D eigenvalue weighted by molar-refractivity contribution is 0.837. The van der Waals surface area contributed by atoms with Gasteiger partial charge in [-0.25, -0.2) is 14.6 Å². The molecule has 2 aromatic rings. The molecule has 4 nitrogen and oxygen atoms in total. The van der Waals surface area contributed by atoms with E-state index in [4.69, 9.17) is 0 Å². The second kappa shape index (κ2) is 3.18. The summed E-state index contributed by atoms with van der Waals surface area (Å²) < 4.78 is 2.36. The molecule has 0 atom stereocenters. The molecule has 0 fully saturated rings. The number of pyridine rings is 1. The van der Waals surface area contributed by atoms with Crippen molar-refractivity contribution in [3.63, 3.8) is 0 Å². The van der Waals surface area contributed by atoms with E-state index >= 15 is 0 Å². The molecule has 0 aliphatic heterocycles. The molecule has 0 spiro atoms. The van der Waals surface area contributed by atoms with Gasteiger partial charge in [-0.15, -0.1) is 5.10 Å². The fourth-order valence-corrected chi connectivity index (χ4v) is 1.20. The number of hydrogen-bond donors (Lipinski definition) is 0. The predicted octanol–water partition coefficient (Wildman–Crippen LogP) is 1.27. The van der Waals surface area contributed by atoms with Crippen molar-refractivity contribution in [1.82, 2.24) is 19.7 Å². The highest BCUT2D eigenvalue weighted by Crippen LogP contribution is 2.01. The Bertz CT molecular complexity index is 370. The highest BCUT2D eigenvalue weighted by atomic mass is 127. The van der Waals surface area contributed by atoms with Gasteiger partial charge in [0.1, 0.15) is 6.33 Å². The Morgan fingerprint density at radius 1 is 1.25 bits per heavy atom. The van der Waals surface area contributed by atoms with Gasteiger partial charge in [-0.3, -0.25) is 0 Å². The van der Waals surface area contributed by atoms with Gasteiger partial charge in [0, 0.05) is 28.8 Å². The molecule has 0 aliphatic carbocycles. The third-order valence-electron chi connectivity index (χ3n) is 1.35. The summed E-state index contributed by atoms with van der Waals surface area (Å²) in [6.07, 6.45) is 3.37. The zero-order chi connectivity index (χ0) is 8.39. The maximum atomic E-state index is 4.12. The van der Waals surface area contributed by atoms with Crippen LogP contribution in [-0.4, -0.2) is 19.7 Å². The molecule has 2 rings (SSSR count). The van der Waals surface area contributed by atoms with Crippen LogP contribution in [0.5, 0.6) is 0 Å². The number of rotatable bonds is 1. The van der Waals surface area contributed by atoms with Crippen molar-refractivity contribution < 1.29 is 0 Å². The normalized spacial score (nSPS) is 10.1. The highest BCUT2D eigenvalue weighted by Gasteiger charge is 1.98. The zero-order valence-corrected chi connectivity index (χ0v) is 8.21. The minimum absolute atomic E-state index is 0.721. The molecular weight excluding hydrogens is 267 g/mol. The van der Waals surface area contributed by atoms with Gasteiger partial charge in [0.05, 0.1) is 0 Å².